The van der Waals surface area contributed by atoms with E-state index in [1.54, 1.807) is 0 Å². The molecule has 0 aliphatic heterocycles. The zero-order valence-corrected chi connectivity index (χ0v) is 12.5. The van der Waals surface area contributed by atoms with Crippen molar-refractivity contribution in [3.8, 4) is 0 Å². The molecule has 4 heteroatoms. The highest BCUT2D eigenvalue weighted by atomic mass is 15.2. The molecular weight excluding hydrogens is 248 g/mol. The van der Waals surface area contributed by atoms with Crippen LogP contribution in [0.2, 0.25) is 0 Å². The number of likely N-dealkylation sites (N-methyl/N-ethyl adjacent to an activating group) is 1. The lowest BCUT2D eigenvalue weighted by Crippen LogP contribution is -2.32. The van der Waals surface area contributed by atoms with E-state index in [0.29, 0.717) is 5.95 Å². The molecule has 0 radical (unpaired) electrons. The number of aromatic nitrogens is 2. The Balaban J connectivity index is 1.75. The van der Waals surface area contributed by atoms with E-state index < -0.39 is 0 Å². The molecule has 2 aromatic rings. The van der Waals surface area contributed by atoms with Crippen molar-refractivity contribution in [3.63, 3.8) is 0 Å². The molecule has 0 saturated heterocycles. The van der Waals surface area contributed by atoms with Crippen LogP contribution < -0.4 is 5.73 Å². The fourth-order valence-corrected chi connectivity index (χ4v) is 3.28. The summed E-state index contributed by atoms with van der Waals surface area (Å²) in [4.78, 5) is 6.95. The van der Waals surface area contributed by atoms with Gasteiger partial charge in [0.15, 0.2) is 0 Å². The SMILES string of the molecule is Cc1ccc2c(c1)nc(N)n2CCN(C)C1CCCC1. The molecule has 3 rings (SSSR count). The molecule has 0 unspecified atom stereocenters. The third-order valence-corrected chi connectivity index (χ3v) is 4.56. The van der Waals surface area contributed by atoms with E-state index >= 15 is 0 Å². The van der Waals surface area contributed by atoms with Crippen molar-refractivity contribution < 1.29 is 0 Å². The fourth-order valence-electron chi connectivity index (χ4n) is 3.28. The van der Waals surface area contributed by atoms with Crippen molar-refractivity contribution in [3.05, 3.63) is 23.8 Å². The van der Waals surface area contributed by atoms with Gasteiger partial charge in [0, 0.05) is 19.1 Å². The quantitative estimate of drug-likeness (QED) is 0.931. The van der Waals surface area contributed by atoms with Crippen LogP contribution in [0.5, 0.6) is 0 Å². The maximum absolute atomic E-state index is 6.08. The summed E-state index contributed by atoms with van der Waals surface area (Å²) in [6.07, 6.45) is 5.45. The van der Waals surface area contributed by atoms with E-state index in [2.05, 4.69) is 46.6 Å². The van der Waals surface area contributed by atoms with Gasteiger partial charge in [-0.25, -0.2) is 4.98 Å². The number of nitrogens with zero attached hydrogens (tertiary/aromatic N) is 3. The Kier molecular flexibility index (Phi) is 3.66. The van der Waals surface area contributed by atoms with Crippen LogP contribution in [0.4, 0.5) is 5.95 Å². The minimum Gasteiger partial charge on any atom is -0.369 e. The predicted molar refractivity (Wildman–Crippen MR) is 83.8 cm³/mol. The molecule has 1 aromatic heterocycles. The number of hydrogen-bond acceptors (Lipinski definition) is 3. The van der Waals surface area contributed by atoms with Crippen LogP contribution in [0.15, 0.2) is 18.2 Å². The number of fused-ring (bicyclic) bond motifs is 1. The Bertz CT molecular complexity index is 596. The smallest absolute Gasteiger partial charge is 0.201 e. The maximum atomic E-state index is 6.08. The molecule has 0 amide bonds. The second-order valence-corrected chi connectivity index (χ2v) is 6.03. The third kappa shape index (κ3) is 2.52. The normalized spacial score (nSPS) is 16.6. The molecule has 1 fully saturated rings. The van der Waals surface area contributed by atoms with Crippen LogP contribution in [0.25, 0.3) is 11.0 Å². The first-order chi connectivity index (χ1) is 9.65. The zero-order chi connectivity index (χ0) is 14.1. The molecule has 4 nitrogen and oxygen atoms in total. The van der Waals surface area contributed by atoms with Gasteiger partial charge in [-0.2, -0.15) is 0 Å². The van der Waals surface area contributed by atoms with Crippen molar-refractivity contribution in [2.75, 3.05) is 19.3 Å². The van der Waals surface area contributed by atoms with Gasteiger partial charge < -0.3 is 15.2 Å². The highest BCUT2D eigenvalue weighted by Crippen LogP contribution is 2.23. The average molecular weight is 272 g/mol. The molecule has 0 spiro atoms. The summed E-state index contributed by atoms with van der Waals surface area (Å²) >= 11 is 0. The van der Waals surface area contributed by atoms with Gasteiger partial charge in [-0.3, -0.25) is 0 Å². The Morgan fingerprint density at radius 2 is 2.10 bits per heavy atom. The lowest BCUT2D eigenvalue weighted by Gasteiger charge is -2.24. The van der Waals surface area contributed by atoms with Gasteiger partial charge in [-0.15, -0.1) is 0 Å². The number of hydrogen-bond donors (Lipinski definition) is 1. The molecule has 1 aliphatic carbocycles. The first-order valence-electron chi connectivity index (χ1n) is 7.58. The number of imidazole rings is 1. The van der Waals surface area contributed by atoms with Crippen LogP contribution in [0.1, 0.15) is 31.2 Å². The van der Waals surface area contributed by atoms with Crippen molar-refractivity contribution in [1.29, 1.82) is 0 Å². The Hall–Kier alpha value is -1.55. The second kappa shape index (κ2) is 5.44. The zero-order valence-electron chi connectivity index (χ0n) is 12.5. The summed E-state index contributed by atoms with van der Waals surface area (Å²) in [6, 6.07) is 7.11. The topological polar surface area (TPSA) is 47.1 Å². The number of nitrogens with two attached hydrogens (primary N) is 1. The lowest BCUT2D eigenvalue weighted by molar-refractivity contribution is 0.238. The van der Waals surface area contributed by atoms with Crippen LogP contribution in [0.3, 0.4) is 0 Å². The minimum absolute atomic E-state index is 0.630. The van der Waals surface area contributed by atoms with E-state index in [4.69, 9.17) is 5.73 Å². The summed E-state index contributed by atoms with van der Waals surface area (Å²) in [5.74, 6) is 0.630. The standard InChI is InChI=1S/C16H24N4/c1-12-7-8-15-14(11-12)18-16(17)20(15)10-9-19(2)13-5-3-4-6-13/h7-8,11,13H,3-6,9-10H2,1-2H3,(H2,17,18). The van der Waals surface area contributed by atoms with E-state index in [1.165, 1.54) is 31.2 Å². The van der Waals surface area contributed by atoms with Gasteiger partial charge >= 0.3 is 0 Å². The Morgan fingerprint density at radius 3 is 2.85 bits per heavy atom. The highest BCUT2D eigenvalue weighted by Gasteiger charge is 2.19. The maximum Gasteiger partial charge on any atom is 0.201 e. The molecule has 0 bridgehead atoms. The first kappa shape index (κ1) is 13.4. The van der Waals surface area contributed by atoms with Crippen molar-refractivity contribution in [2.45, 2.75) is 45.2 Å². The summed E-state index contributed by atoms with van der Waals surface area (Å²) in [7, 11) is 2.23. The van der Waals surface area contributed by atoms with Gasteiger partial charge in [0.2, 0.25) is 5.95 Å². The monoisotopic (exact) mass is 272 g/mol. The van der Waals surface area contributed by atoms with Crippen LogP contribution >= 0.6 is 0 Å². The molecule has 0 atom stereocenters. The first-order valence-corrected chi connectivity index (χ1v) is 7.58. The number of rotatable bonds is 4. The number of nitrogen functional groups attached to an aromatic ring is 1. The molecule has 1 heterocycles. The molecule has 1 saturated carbocycles. The van der Waals surface area contributed by atoms with Crippen LogP contribution in [-0.4, -0.2) is 34.1 Å². The number of anilines is 1. The molecule has 1 aliphatic rings. The van der Waals surface area contributed by atoms with Gasteiger partial charge in [-0.1, -0.05) is 18.9 Å². The van der Waals surface area contributed by atoms with Crippen LogP contribution in [-0.2, 0) is 6.54 Å². The molecular formula is C16H24N4. The van der Waals surface area contributed by atoms with Gasteiger partial charge in [0.1, 0.15) is 0 Å². The molecule has 108 valence electrons. The number of aryl methyl sites for hydroxylation is 1. The van der Waals surface area contributed by atoms with Gasteiger partial charge in [-0.05, 0) is 44.5 Å². The molecule has 1 aromatic carbocycles. The van der Waals surface area contributed by atoms with Crippen molar-refractivity contribution in [1.82, 2.24) is 14.5 Å². The highest BCUT2D eigenvalue weighted by molar-refractivity contribution is 5.79. The summed E-state index contributed by atoms with van der Waals surface area (Å²) in [5, 5.41) is 0. The van der Waals surface area contributed by atoms with E-state index in [9.17, 15) is 0 Å². The summed E-state index contributed by atoms with van der Waals surface area (Å²) in [5.41, 5.74) is 9.46. The summed E-state index contributed by atoms with van der Waals surface area (Å²) < 4.78 is 2.14. The lowest BCUT2D eigenvalue weighted by atomic mass is 10.2. The predicted octanol–water partition coefficient (Wildman–Crippen LogP) is 2.80. The number of benzene rings is 1. The third-order valence-electron chi connectivity index (χ3n) is 4.56. The van der Waals surface area contributed by atoms with Crippen LogP contribution in [0, 0.1) is 6.92 Å². The van der Waals surface area contributed by atoms with Gasteiger partial charge in [0.25, 0.3) is 0 Å². The largest absolute Gasteiger partial charge is 0.369 e. The van der Waals surface area contributed by atoms with Crippen molar-refractivity contribution >= 4 is 17.0 Å². The van der Waals surface area contributed by atoms with Crippen molar-refractivity contribution in [2.24, 2.45) is 0 Å². The van der Waals surface area contributed by atoms with Gasteiger partial charge in [0.05, 0.1) is 11.0 Å². The Labute approximate surface area is 120 Å². The van der Waals surface area contributed by atoms with E-state index in [1.807, 2.05) is 0 Å². The molecule has 20 heavy (non-hydrogen) atoms. The minimum atomic E-state index is 0.630. The van der Waals surface area contributed by atoms with E-state index in [-0.39, 0.29) is 0 Å². The molecule has 2 N–H and O–H groups in total. The average Bonchev–Trinajstić information content (AvgIpc) is 3.03. The Morgan fingerprint density at radius 1 is 1.35 bits per heavy atom. The fraction of sp³-hybridized carbons (Fsp3) is 0.562. The summed E-state index contributed by atoms with van der Waals surface area (Å²) in [6.45, 7) is 4.04. The second-order valence-electron chi connectivity index (χ2n) is 6.03. The van der Waals surface area contributed by atoms with E-state index in [0.717, 1.165) is 30.2 Å².